The number of pyridine rings is 1. The summed E-state index contributed by atoms with van der Waals surface area (Å²) in [5, 5.41) is 3.36. The molecule has 1 aromatic rings. The molecule has 0 aliphatic carbocycles. The normalized spacial score (nSPS) is 23.6. The van der Waals surface area contributed by atoms with Crippen LogP contribution in [0.15, 0.2) is 24.5 Å². The summed E-state index contributed by atoms with van der Waals surface area (Å²) in [6.45, 7) is 2.26. The van der Waals surface area contributed by atoms with E-state index >= 15 is 0 Å². The van der Waals surface area contributed by atoms with Crippen LogP contribution < -0.4 is 11.1 Å². The Hall–Kier alpha value is -0.930. The van der Waals surface area contributed by atoms with Crippen molar-refractivity contribution in [3.05, 3.63) is 30.1 Å². The maximum Gasteiger partial charge on any atom is 0.0315 e. The van der Waals surface area contributed by atoms with Crippen LogP contribution in [-0.4, -0.2) is 18.1 Å². The van der Waals surface area contributed by atoms with Crippen LogP contribution >= 0.6 is 0 Å². The lowest BCUT2D eigenvalue weighted by Gasteiger charge is -2.15. The molecule has 1 fully saturated rings. The lowest BCUT2D eigenvalue weighted by Crippen LogP contribution is -2.17. The van der Waals surface area contributed by atoms with Crippen LogP contribution in [-0.2, 0) is 0 Å². The molecular formula is C11H17N3. The van der Waals surface area contributed by atoms with Gasteiger partial charge in [-0.25, -0.2) is 0 Å². The summed E-state index contributed by atoms with van der Waals surface area (Å²) < 4.78 is 0. The lowest BCUT2D eigenvalue weighted by molar-refractivity contribution is 0.472. The molecule has 1 saturated heterocycles. The van der Waals surface area contributed by atoms with Crippen molar-refractivity contribution in [2.45, 2.75) is 18.9 Å². The van der Waals surface area contributed by atoms with E-state index in [1.807, 2.05) is 12.3 Å². The van der Waals surface area contributed by atoms with Gasteiger partial charge in [-0.3, -0.25) is 4.98 Å². The molecule has 0 amide bonds. The summed E-state index contributed by atoms with van der Waals surface area (Å²) in [5.41, 5.74) is 7.26. The van der Waals surface area contributed by atoms with E-state index in [-0.39, 0.29) is 6.04 Å². The Labute approximate surface area is 84.7 Å². The van der Waals surface area contributed by atoms with Crippen LogP contribution in [0.4, 0.5) is 0 Å². The molecule has 0 saturated carbocycles. The molecule has 2 unspecified atom stereocenters. The second kappa shape index (κ2) is 4.53. The van der Waals surface area contributed by atoms with Crippen molar-refractivity contribution < 1.29 is 0 Å². The summed E-state index contributed by atoms with van der Waals surface area (Å²) >= 11 is 0. The van der Waals surface area contributed by atoms with Crippen molar-refractivity contribution in [3.8, 4) is 0 Å². The van der Waals surface area contributed by atoms with E-state index in [9.17, 15) is 0 Å². The molecule has 3 nitrogen and oxygen atoms in total. The molecule has 2 atom stereocenters. The highest BCUT2D eigenvalue weighted by molar-refractivity contribution is 5.13. The summed E-state index contributed by atoms with van der Waals surface area (Å²) in [6, 6.07) is 4.15. The molecule has 76 valence electrons. The van der Waals surface area contributed by atoms with Crippen molar-refractivity contribution in [1.29, 1.82) is 0 Å². The third-order valence-corrected chi connectivity index (χ3v) is 2.86. The number of nitrogens with zero attached hydrogens (tertiary/aromatic N) is 1. The number of rotatable bonds is 3. The first kappa shape index (κ1) is 9.62. The molecular weight excluding hydrogens is 174 g/mol. The molecule has 14 heavy (non-hydrogen) atoms. The minimum atomic E-state index is 0.147. The first-order valence-corrected chi connectivity index (χ1v) is 5.22. The van der Waals surface area contributed by atoms with Gasteiger partial charge in [0.1, 0.15) is 0 Å². The van der Waals surface area contributed by atoms with Gasteiger partial charge >= 0.3 is 0 Å². The van der Waals surface area contributed by atoms with E-state index < -0.39 is 0 Å². The van der Waals surface area contributed by atoms with Crippen LogP contribution in [0.3, 0.4) is 0 Å². The fourth-order valence-electron chi connectivity index (χ4n) is 2.01. The van der Waals surface area contributed by atoms with Crippen molar-refractivity contribution in [1.82, 2.24) is 10.3 Å². The Bertz CT molecular complexity index is 267. The topological polar surface area (TPSA) is 50.9 Å². The van der Waals surface area contributed by atoms with Crippen LogP contribution in [0.25, 0.3) is 0 Å². The minimum absolute atomic E-state index is 0.147. The van der Waals surface area contributed by atoms with Gasteiger partial charge in [0.15, 0.2) is 0 Å². The number of nitrogens with one attached hydrogen (secondary N) is 1. The molecule has 3 N–H and O–H groups in total. The highest BCUT2D eigenvalue weighted by Gasteiger charge is 2.18. The van der Waals surface area contributed by atoms with Crippen LogP contribution in [0, 0.1) is 5.92 Å². The molecule has 0 spiro atoms. The third kappa shape index (κ3) is 2.30. The van der Waals surface area contributed by atoms with Crippen molar-refractivity contribution in [2.24, 2.45) is 11.7 Å². The maximum atomic E-state index is 6.11. The number of nitrogens with two attached hydrogens (primary N) is 1. The maximum absolute atomic E-state index is 6.11. The lowest BCUT2D eigenvalue weighted by atomic mass is 9.96. The molecule has 1 aliphatic heterocycles. The highest BCUT2D eigenvalue weighted by Crippen LogP contribution is 2.21. The summed E-state index contributed by atoms with van der Waals surface area (Å²) in [4.78, 5) is 4.08. The van der Waals surface area contributed by atoms with E-state index in [0.717, 1.165) is 31.0 Å². The predicted molar refractivity (Wildman–Crippen MR) is 56.8 cm³/mol. The Morgan fingerprint density at radius 2 is 2.57 bits per heavy atom. The van der Waals surface area contributed by atoms with Gasteiger partial charge in [0.05, 0.1) is 0 Å². The molecule has 0 aromatic carbocycles. The first-order valence-electron chi connectivity index (χ1n) is 5.22. The molecule has 0 radical (unpaired) electrons. The van der Waals surface area contributed by atoms with E-state index in [1.165, 1.54) is 6.42 Å². The van der Waals surface area contributed by atoms with Gasteiger partial charge in [-0.2, -0.15) is 0 Å². The van der Waals surface area contributed by atoms with Gasteiger partial charge < -0.3 is 11.1 Å². The molecule has 2 rings (SSSR count). The average Bonchev–Trinajstić information content (AvgIpc) is 2.72. The standard InChI is InChI=1S/C11H17N3/c12-11(6-9-3-5-14-7-9)10-2-1-4-13-8-10/h1-2,4,8-9,11,14H,3,5-7,12H2. The van der Waals surface area contributed by atoms with Gasteiger partial charge in [-0.15, -0.1) is 0 Å². The van der Waals surface area contributed by atoms with Crippen LogP contribution in [0.2, 0.25) is 0 Å². The highest BCUT2D eigenvalue weighted by atomic mass is 14.9. The van der Waals surface area contributed by atoms with Crippen molar-refractivity contribution in [3.63, 3.8) is 0 Å². The molecule has 3 heteroatoms. The Balaban J connectivity index is 1.92. The fourth-order valence-corrected chi connectivity index (χ4v) is 2.01. The summed E-state index contributed by atoms with van der Waals surface area (Å²) in [6.07, 6.45) is 5.98. The van der Waals surface area contributed by atoms with Crippen molar-refractivity contribution in [2.75, 3.05) is 13.1 Å². The van der Waals surface area contributed by atoms with Gasteiger partial charge in [0.2, 0.25) is 0 Å². The number of aromatic nitrogens is 1. The third-order valence-electron chi connectivity index (χ3n) is 2.86. The molecule has 1 aromatic heterocycles. The van der Waals surface area contributed by atoms with E-state index in [4.69, 9.17) is 5.73 Å². The number of hydrogen-bond acceptors (Lipinski definition) is 3. The first-order chi connectivity index (χ1) is 6.86. The van der Waals surface area contributed by atoms with Crippen LogP contribution in [0.5, 0.6) is 0 Å². The quantitative estimate of drug-likeness (QED) is 0.751. The van der Waals surface area contributed by atoms with Gasteiger partial charge in [-0.1, -0.05) is 6.07 Å². The predicted octanol–water partition coefficient (Wildman–Crippen LogP) is 1.08. The monoisotopic (exact) mass is 191 g/mol. The molecule has 1 aliphatic rings. The SMILES string of the molecule is NC(CC1CCNC1)c1cccnc1. The fraction of sp³-hybridized carbons (Fsp3) is 0.545. The zero-order valence-electron chi connectivity index (χ0n) is 8.32. The van der Waals surface area contributed by atoms with Crippen LogP contribution in [0.1, 0.15) is 24.4 Å². The summed E-state index contributed by atoms with van der Waals surface area (Å²) in [7, 11) is 0. The Kier molecular flexibility index (Phi) is 3.11. The van der Waals surface area contributed by atoms with E-state index in [0.29, 0.717) is 0 Å². The minimum Gasteiger partial charge on any atom is -0.324 e. The zero-order chi connectivity index (χ0) is 9.80. The number of hydrogen-bond donors (Lipinski definition) is 2. The smallest absolute Gasteiger partial charge is 0.0315 e. The summed E-state index contributed by atoms with van der Waals surface area (Å²) in [5.74, 6) is 0.741. The second-order valence-electron chi connectivity index (χ2n) is 3.99. The Morgan fingerprint density at radius 1 is 1.64 bits per heavy atom. The van der Waals surface area contributed by atoms with Crippen molar-refractivity contribution >= 4 is 0 Å². The second-order valence-corrected chi connectivity index (χ2v) is 3.99. The zero-order valence-corrected chi connectivity index (χ0v) is 8.32. The molecule has 2 heterocycles. The van der Waals surface area contributed by atoms with Gasteiger partial charge in [0, 0.05) is 18.4 Å². The average molecular weight is 191 g/mol. The van der Waals surface area contributed by atoms with E-state index in [2.05, 4.69) is 16.4 Å². The Morgan fingerprint density at radius 3 is 3.21 bits per heavy atom. The molecule has 0 bridgehead atoms. The van der Waals surface area contributed by atoms with Gasteiger partial charge in [0.25, 0.3) is 0 Å². The largest absolute Gasteiger partial charge is 0.324 e. The van der Waals surface area contributed by atoms with E-state index in [1.54, 1.807) is 6.20 Å². The van der Waals surface area contributed by atoms with Gasteiger partial charge in [-0.05, 0) is 43.5 Å².